The quantitative estimate of drug-likeness (QED) is 0.429. The van der Waals surface area contributed by atoms with Crippen molar-refractivity contribution in [1.29, 1.82) is 0 Å². The monoisotopic (exact) mass is 148 g/mol. The lowest BCUT2D eigenvalue weighted by molar-refractivity contribution is -0.138. The summed E-state index contributed by atoms with van der Waals surface area (Å²) in [7, 11) is 0. The maximum absolute atomic E-state index is 10.1. The van der Waals surface area contributed by atoms with E-state index >= 15 is 0 Å². The summed E-state index contributed by atoms with van der Waals surface area (Å²) in [6.45, 7) is 0. The molecule has 0 saturated carbocycles. The van der Waals surface area contributed by atoms with Crippen molar-refractivity contribution in [2.75, 3.05) is 0 Å². The molecular formula is C5H10N2O3. The fraction of sp³-hybridized carbons (Fsp3) is 0.600. The Labute approximate surface area is 58.0 Å². The number of aliphatic carboxylic acids is 1. The molecule has 1 amide bonds. The van der Waals surface area contributed by atoms with E-state index in [9.17, 15) is 9.59 Å². The van der Waals surface area contributed by atoms with E-state index in [0.717, 1.165) is 0 Å². The van der Waals surface area contributed by atoms with Crippen LogP contribution in [-0.2, 0) is 9.59 Å². The summed E-state index contributed by atoms with van der Waals surface area (Å²) in [5.41, 5.74) is 9.81. The number of carbonyl (C=O) groups is 2. The van der Waals surface area contributed by atoms with Crippen molar-refractivity contribution >= 4 is 11.9 Å². The number of amides is 1. The molecular weight excluding hydrogens is 138 g/mol. The van der Waals surface area contributed by atoms with Crippen LogP contribution in [0.1, 0.15) is 12.8 Å². The molecule has 0 bridgehead atoms. The van der Waals surface area contributed by atoms with Gasteiger partial charge in [-0.3, -0.25) is 9.59 Å². The third-order valence-corrected chi connectivity index (χ3v) is 1.02. The number of hydrogen-bond acceptors (Lipinski definition) is 3. The Morgan fingerprint density at radius 3 is 2.30 bits per heavy atom. The molecule has 0 radical (unpaired) electrons. The summed E-state index contributed by atoms with van der Waals surface area (Å²) in [6, 6.07) is -0.979. The number of nitrogens with two attached hydrogens (primary N) is 2. The second-order valence-corrected chi connectivity index (χ2v) is 1.95. The van der Waals surface area contributed by atoms with Crippen LogP contribution in [0.2, 0.25) is 0 Å². The highest BCUT2D eigenvalue weighted by Crippen LogP contribution is 1.92. The topological polar surface area (TPSA) is 106 Å². The maximum Gasteiger partial charge on any atom is 0.320 e. The highest BCUT2D eigenvalue weighted by Gasteiger charge is 2.11. The lowest BCUT2D eigenvalue weighted by Crippen LogP contribution is -2.31. The van der Waals surface area contributed by atoms with Crippen molar-refractivity contribution in [3.05, 3.63) is 0 Å². The Morgan fingerprint density at radius 1 is 1.50 bits per heavy atom. The first-order valence-corrected chi connectivity index (χ1v) is 2.80. The van der Waals surface area contributed by atoms with Gasteiger partial charge < -0.3 is 16.6 Å². The van der Waals surface area contributed by atoms with Crippen molar-refractivity contribution in [2.45, 2.75) is 18.9 Å². The van der Waals surface area contributed by atoms with E-state index in [-0.39, 0.29) is 12.8 Å². The zero-order chi connectivity index (χ0) is 8.15. The largest absolute Gasteiger partial charge is 0.480 e. The molecule has 0 fully saturated rings. The number of carboxylic acids is 1. The second kappa shape index (κ2) is 3.84. The van der Waals surface area contributed by atoms with Gasteiger partial charge in [-0.25, -0.2) is 0 Å². The highest BCUT2D eigenvalue weighted by molar-refractivity contribution is 5.76. The molecule has 5 heteroatoms. The van der Waals surface area contributed by atoms with E-state index in [1.165, 1.54) is 0 Å². The molecule has 0 spiro atoms. The first-order valence-electron chi connectivity index (χ1n) is 2.80. The third-order valence-electron chi connectivity index (χ3n) is 1.02. The lowest BCUT2D eigenvalue weighted by atomic mass is 10.2. The van der Waals surface area contributed by atoms with Gasteiger partial charge in [0, 0.05) is 6.42 Å². The van der Waals surface area contributed by atoms with E-state index in [1.807, 2.05) is 0 Å². The molecule has 1 unspecified atom stereocenters. The van der Waals surface area contributed by atoms with Crippen LogP contribution < -0.4 is 11.5 Å². The van der Waals surface area contributed by atoms with Crippen molar-refractivity contribution < 1.29 is 14.7 Å². The number of carbonyl (C=O) groups excluding carboxylic acids is 1. The summed E-state index contributed by atoms with van der Waals surface area (Å²) in [5.74, 6) is -1.64. The molecule has 0 aliphatic carbocycles. The van der Waals surface area contributed by atoms with Gasteiger partial charge in [-0.15, -0.1) is 0 Å². The summed E-state index contributed by atoms with van der Waals surface area (Å²) in [5, 5.41) is 8.22. The molecule has 58 valence electrons. The minimum atomic E-state index is -1.11. The van der Waals surface area contributed by atoms with Gasteiger partial charge in [-0.1, -0.05) is 0 Å². The smallest absolute Gasteiger partial charge is 0.320 e. The average molecular weight is 148 g/mol. The number of primary amides is 1. The van der Waals surface area contributed by atoms with Crippen LogP contribution in [0.25, 0.3) is 0 Å². The fourth-order valence-corrected chi connectivity index (χ4v) is 0.421. The van der Waals surface area contributed by atoms with Crippen LogP contribution >= 0.6 is 0 Å². The Balaban J connectivity index is 3.49. The standard InChI is InChI=1S/C5H10N2O3/c6-3(5(9)10)1-2-4(7)8/h3H,1-2,6H2,(H2,7,8)(H,9,10)/i6+1,7+1. The molecule has 0 aromatic heterocycles. The van der Waals surface area contributed by atoms with Crippen LogP contribution in [0.5, 0.6) is 0 Å². The van der Waals surface area contributed by atoms with E-state index in [0.29, 0.717) is 0 Å². The minimum Gasteiger partial charge on any atom is -0.480 e. The third kappa shape index (κ3) is 3.85. The van der Waals surface area contributed by atoms with E-state index < -0.39 is 17.9 Å². The first-order chi connectivity index (χ1) is 4.54. The van der Waals surface area contributed by atoms with Crippen molar-refractivity contribution in [2.24, 2.45) is 11.5 Å². The Kier molecular flexibility index (Phi) is 3.42. The zero-order valence-corrected chi connectivity index (χ0v) is 5.41. The van der Waals surface area contributed by atoms with Gasteiger partial charge in [-0.05, 0) is 6.42 Å². The lowest BCUT2D eigenvalue weighted by Gasteiger charge is -2.01. The number of carboxylic acid groups (broad SMARTS) is 1. The predicted octanol–water partition coefficient (Wildman–Crippen LogP) is -1.34. The molecule has 0 aliphatic heterocycles. The van der Waals surface area contributed by atoms with Gasteiger partial charge in [-0.2, -0.15) is 0 Å². The maximum atomic E-state index is 10.1. The van der Waals surface area contributed by atoms with Crippen LogP contribution in [0.4, 0.5) is 0 Å². The van der Waals surface area contributed by atoms with Gasteiger partial charge in [0.05, 0.1) is 0 Å². The Morgan fingerprint density at radius 2 is 2.00 bits per heavy atom. The zero-order valence-electron chi connectivity index (χ0n) is 5.41. The minimum absolute atomic E-state index is 0.0213. The predicted molar refractivity (Wildman–Crippen MR) is 34.0 cm³/mol. The van der Waals surface area contributed by atoms with Crippen molar-refractivity contribution in [3.8, 4) is 0 Å². The highest BCUT2D eigenvalue weighted by atomic mass is 16.4. The van der Waals surface area contributed by atoms with Crippen LogP contribution in [0, 0.1) is 0 Å². The van der Waals surface area contributed by atoms with Crippen molar-refractivity contribution in [3.63, 3.8) is 0 Å². The van der Waals surface area contributed by atoms with Crippen LogP contribution in [0.3, 0.4) is 0 Å². The van der Waals surface area contributed by atoms with Gasteiger partial charge in [0.1, 0.15) is 6.04 Å². The summed E-state index contributed by atoms with van der Waals surface area (Å²) in [6.07, 6.45) is 0.123. The molecule has 5 nitrogen and oxygen atoms in total. The van der Waals surface area contributed by atoms with Crippen LogP contribution in [-0.4, -0.2) is 23.0 Å². The van der Waals surface area contributed by atoms with Crippen LogP contribution in [0.15, 0.2) is 0 Å². The fourth-order valence-electron chi connectivity index (χ4n) is 0.421. The van der Waals surface area contributed by atoms with Gasteiger partial charge in [0.2, 0.25) is 5.91 Å². The number of hydrogen-bond donors (Lipinski definition) is 3. The molecule has 0 aromatic carbocycles. The van der Waals surface area contributed by atoms with E-state index in [4.69, 9.17) is 16.6 Å². The molecule has 0 aliphatic rings. The molecule has 0 heterocycles. The molecule has 5 N–H and O–H groups in total. The molecule has 0 rings (SSSR count). The second-order valence-electron chi connectivity index (χ2n) is 1.95. The molecule has 1 atom stereocenters. The molecule has 0 aromatic rings. The van der Waals surface area contributed by atoms with Crippen molar-refractivity contribution in [1.82, 2.24) is 0 Å². The molecule has 10 heavy (non-hydrogen) atoms. The molecule has 0 saturated heterocycles. The van der Waals surface area contributed by atoms with E-state index in [2.05, 4.69) is 0 Å². The van der Waals surface area contributed by atoms with Gasteiger partial charge >= 0.3 is 5.97 Å². The Bertz CT molecular complexity index is 146. The summed E-state index contributed by atoms with van der Waals surface area (Å²) >= 11 is 0. The number of rotatable bonds is 4. The SMILES string of the molecule is [15NH2]C(=O)CCC([15NH2])C(=O)O. The van der Waals surface area contributed by atoms with E-state index in [1.54, 1.807) is 0 Å². The first kappa shape index (κ1) is 8.90. The van der Waals surface area contributed by atoms with Gasteiger partial charge in [0.25, 0.3) is 0 Å². The summed E-state index contributed by atoms with van der Waals surface area (Å²) < 4.78 is 0. The average Bonchev–Trinajstić information content (AvgIpc) is 1.82. The Hall–Kier alpha value is -1.10. The summed E-state index contributed by atoms with van der Waals surface area (Å²) in [4.78, 5) is 20.1. The van der Waals surface area contributed by atoms with Gasteiger partial charge in [0.15, 0.2) is 0 Å². The normalized spacial score (nSPS) is 12.5.